The summed E-state index contributed by atoms with van der Waals surface area (Å²) in [4.78, 5) is 36.8. The second-order valence-corrected chi connectivity index (χ2v) is 14.1. The normalized spacial score (nSPS) is 22.0. The molecule has 7 rings (SSSR count). The molecule has 8 nitrogen and oxygen atoms in total. The summed E-state index contributed by atoms with van der Waals surface area (Å²) < 4.78 is 11.3. The number of aromatic nitrogens is 1. The van der Waals surface area contributed by atoms with Crippen LogP contribution in [0.4, 0.5) is 11.4 Å². The molecule has 0 bridgehead atoms. The average molecular weight is 623 g/mol. The van der Waals surface area contributed by atoms with Gasteiger partial charge >= 0.3 is 0 Å². The van der Waals surface area contributed by atoms with Crippen LogP contribution in [0, 0.1) is 18.3 Å². The van der Waals surface area contributed by atoms with Crippen LogP contribution in [0.15, 0.2) is 71.3 Å². The Bertz CT molecular complexity index is 1680. The Morgan fingerprint density at radius 1 is 0.978 bits per heavy atom. The van der Waals surface area contributed by atoms with Crippen molar-refractivity contribution in [2.45, 2.75) is 77.3 Å². The van der Waals surface area contributed by atoms with Crippen LogP contribution in [-0.2, 0) is 20.9 Å². The second-order valence-electron chi connectivity index (χ2n) is 14.1. The summed E-state index contributed by atoms with van der Waals surface area (Å²) in [6, 6.07) is 20.2. The van der Waals surface area contributed by atoms with E-state index in [-0.39, 0.29) is 35.6 Å². The molecule has 0 unspecified atom stereocenters. The van der Waals surface area contributed by atoms with Crippen molar-refractivity contribution in [1.82, 2.24) is 9.88 Å². The van der Waals surface area contributed by atoms with E-state index in [0.717, 1.165) is 62.5 Å². The Labute approximate surface area is 271 Å². The monoisotopic (exact) mass is 622 g/mol. The summed E-state index contributed by atoms with van der Waals surface area (Å²) in [5.41, 5.74) is 4.51. The first-order chi connectivity index (χ1) is 22.3. The Morgan fingerprint density at radius 3 is 2.43 bits per heavy atom. The van der Waals surface area contributed by atoms with Gasteiger partial charge in [0.2, 0.25) is 11.8 Å². The number of aromatic amines is 1. The Balaban J connectivity index is 1.16. The summed E-state index contributed by atoms with van der Waals surface area (Å²) in [6.07, 6.45) is 6.16. The lowest BCUT2D eigenvalue weighted by Gasteiger charge is -2.45. The number of ether oxygens (including phenoxy) is 1. The molecular weight excluding hydrogens is 576 g/mol. The van der Waals surface area contributed by atoms with Crippen LogP contribution >= 0.6 is 0 Å². The number of nitrogens with zero attached hydrogens (tertiary/aromatic N) is 2. The molecule has 2 saturated carbocycles. The van der Waals surface area contributed by atoms with Crippen LogP contribution in [-0.4, -0.2) is 53.5 Å². The number of rotatable bonds is 9. The number of carbonyl (C=O) groups is 2. The van der Waals surface area contributed by atoms with Crippen molar-refractivity contribution in [3.8, 4) is 0 Å². The van der Waals surface area contributed by atoms with Crippen molar-refractivity contribution in [2.24, 2.45) is 11.3 Å². The second kappa shape index (κ2) is 12.3. The number of nitrogens with one attached hydrogen (secondary N) is 2. The maximum Gasteiger partial charge on any atom is 0.250 e. The van der Waals surface area contributed by atoms with E-state index >= 15 is 0 Å². The fourth-order valence-electron chi connectivity index (χ4n) is 8.31. The number of aryl methyl sites for hydroxylation is 1. The van der Waals surface area contributed by atoms with Crippen LogP contribution in [0.3, 0.4) is 0 Å². The molecule has 242 valence electrons. The molecule has 3 aliphatic rings. The SMILES string of the molecule is Cc1[nH]c2ccccc2c1[C@@H]1[C@@H](CC(=O)N(Cc2ccco2)C2(C(=O)Nc3ccc(N4CCOCC4)cc3)CCCCC2)C1(C)C. The van der Waals surface area contributed by atoms with Gasteiger partial charge in [-0.2, -0.15) is 0 Å². The molecule has 3 fully saturated rings. The predicted octanol–water partition coefficient (Wildman–Crippen LogP) is 7.41. The first-order valence-corrected chi connectivity index (χ1v) is 16.9. The van der Waals surface area contributed by atoms with E-state index in [4.69, 9.17) is 9.15 Å². The number of H-pyrrole nitrogens is 1. The molecule has 0 radical (unpaired) electrons. The van der Waals surface area contributed by atoms with Crippen LogP contribution in [0.2, 0.25) is 0 Å². The van der Waals surface area contributed by atoms with Crippen molar-refractivity contribution in [1.29, 1.82) is 0 Å². The van der Waals surface area contributed by atoms with Crippen LogP contribution in [0.5, 0.6) is 0 Å². The molecule has 2 atom stereocenters. The molecule has 2 N–H and O–H groups in total. The average Bonchev–Trinajstić information content (AvgIpc) is 3.43. The van der Waals surface area contributed by atoms with Crippen LogP contribution < -0.4 is 10.2 Å². The first kappa shape index (κ1) is 30.6. The van der Waals surface area contributed by atoms with E-state index in [1.54, 1.807) is 6.26 Å². The zero-order valence-electron chi connectivity index (χ0n) is 27.3. The van der Waals surface area contributed by atoms with E-state index in [0.29, 0.717) is 25.0 Å². The number of amides is 2. The van der Waals surface area contributed by atoms with E-state index in [2.05, 4.69) is 72.4 Å². The third-order valence-corrected chi connectivity index (χ3v) is 11.0. The van der Waals surface area contributed by atoms with Gasteiger partial charge in [-0.05, 0) is 85.0 Å². The van der Waals surface area contributed by atoms with Gasteiger partial charge in [0.15, 0.2) is 0 Å². The number of benzene rings is 2. The summed E-state index contributed by atoms with van der Waals surface area (Å²) in [5.74, 6) is 1.05. The van der Waals surface area contributed by atoms with Gasteiger partial charge in [0.25, 0.3) is 0 Å². The van der Waals surface area contributed by atoms with Gasteiger partial charge in [-0.1, -0.05) is 51.3 Å². The maximum absolute atomic E-state index is 14.6. The smallest absolute Gasteiger partial charge is 0.250 e. The summed E-state index contributed by atoms with van der Waals surface area (Å²) in [5, 5.41) is 4.47. The molecule has 8 heteroatoms. The Hall–Kier alpha value is -4.04. The zero-order chi connectivity index (χ0) is 31.9. The lowest BCUT2D eigenvalue weighted by atomic mass is 9.78. The molecule has 1 saturated heterocycles. The number of anilines is 2. The highest BCUT2D eigenvalue weighted by Crippen LogP contribution is 2.67. The zero-order valence-corrected chi connectivity index (χ0v) is 27.3. The molecule has 3 heterocycles. The van der Waals surface area contributed by atoms with Crippen molar-refractivity contribution in [2.75, 3.05) is 36.5 Å². The van der Waals surface area contributed by atoms with E-state index < -0.39 is 5.54 Å². The van der Waals surface area contributed by atoms with Gasteiger partial charge < -0.3 is 29.3 Å². The minimum atomic E-state index is -0.948. The predicted molar refractivity (Wildman–Crippen MR) is 181 cm³/mol. The van der Waals surface area contributed by atoms with Crippen LogP contribution in [0.25, 0.3) is 10.9 Å². The van der Waals surface area contributed by atoms with E-state index in [1.807, 2.05) is 29.2 Å². The summed E-state index contributed by atoms with van der Waals surface area (Å²) in [7, 11) is 0. The minimum absolute atomic E-state index is 0.0224. The molecule has 2 aromatic carbocycles. The number of hydrogen-bond donors (Lipinski definition) is 2. The molecular formula is C38H46N4O4. The molecule has 0 spiro atoms. The third kappa shape index (κ3) is 5.61. The van der Waals surface area contributed by atoms with Gasteiger partial charge in [-0.15, -0.1) is 0 Å². The van der Waals surface area contributed by atoms with Gasteiger partial charge in [0, 0.05) is 47.5 Å². The topological polar surface area (TPSA) is 90.8 Å². The lowest BCUT2D eigenvalue weighted by molar-refractivity contribution is -0.149. The Kier molecular flexibility index (Phi) is 8.17. The molecule has 4 aromatic rings. The fraction of sp³-hybridized carbons (Fsp3) is 0.474. The van der Waals surface area contributed by atoms with E-state index in [1.165, 1.54) is 16.6 Å². The number of hydrogen-bond acceptors (Lipinski definition) is 5. The minimum Gasteiger partial charge on any atom is -0.467 e. The van der Waals surface area contributed by atoms with Crippen molar-refractivity contribution in [3.05, 3.63) is 83.9 Å². The summed E-state index contributed by atoms with van der Waals surface area (Å²) >= 11 is 0. The number of para-hydroxylation sites is 1. The van der Waals surface area contributed by atoms with Gasteiger partial charge in [0.1, 0.15) is 11.3 Å². The number of fused-ring (bicyclic) bond motifs is 1. The Morgan fingerprint density at radius 2 is 1.72 bits per heavy atom. The number of furan rings is 1. The maximum atomic E-state index is 14.6. The standard InChI is InChI=1S/C38H46N4O4/c1-26-34(30-11-5-6-12-32(30)39-26)35-31(37(35,2)3)24-33(43)42(25-29-10-9-21-46-29)38(17-7-4-8-18-38)36(44)40-27-13-15-28(16-14-27)41-19-22-45-23-20-41/h5-6,9-16,21,31,35,39H,4,7-8,17-20,22-25H2,1-3H3,(H,40,44)/t31-,35+/m1/s1. The highest BCUT2D eigenvalue weighted by molar-refractivity contribution is 6.01. The largest absolute Gasteiger partial charge is 0.467 e. The van der Waals surface area contributed by atoms with Crippen LogP contribution in [0.1, 0.15) is 75.3 Å². The fourth-order valence-corrected chi connectivity index (χ4v) is 8.31. The molecule has 2 aromatic heterocycles. The summed E-state index contributed by atoms with van der Waals surface area (Å²) in [6.45, 7) is 10.1. The number of carbonyl (C=O) groups excluding carboxylic acids is 2. The quantitative estimate of drug-likeness (QED) is 0.203. The lowest BCUT2D eigenvalue weighted by Crippen LogP contribution is -2.59. The van der Waals surface area contributed by atoms with E-state index in [9.17, 15) is 9.59 Å². The van der Waals surface area contributed by atoms with Crippen molar-refractivity contribution < 1.29 is 18.7 Å². The molecule has 2 aliphatic carbocycles. The van der Waals surface area contributed by atoms with Gasteiger partial charge in [-0.3, -0.25) is 9.59 Å². The third-order valence-electron chi connectivity index (χ3n) is 11.0. The first-order valence-electron chi connectivity index (χ1n) is 16.9. The van der Waals surface area contributed by atoms with Gasteiger partial charge in [-0.25, -0.2) is 0 Å². The van der Waals surface area contributed by atoms with Crippen molar-refractivity contribution >= 4 is 34.1 Å². The highest BCUT2D eigenvalue weighted by atomic mass is 16.5. The van der Waals surface area contributed by atoms with Crippen molar-refractivity contribution in [3.63, 3.8) is 0 Å². The number of morpholine rings is 1. The molecule has 2 amide bonds. The highest BCUT2D eigenvalue weighted by Gasteiger charge is 2.60. The molecule has 1 aliphatic heterocycles. The van der Waals surface area contributed by atoms with Gasteiger partial charge in [0.05, 0.1) is 26.0 Å². The molecule has 46 heavy (non-hydrogen) atoms.